The molecule has 0 saturated heterocycles. The second-order valence-corrected chi connectivity index (χ2v) is 4.36. The second kappa shape index (κ2) is 5.45. The van der Waals surface area contributed by atoms with Gasteiger partial charge in [0.25, 0.3) is 0 Å². The van der Waals surface area contributed by atoms with Gasteiger partial charge in [-0.25, -0.2) is 4.98 Å². The van der Waals surface area contributed by atoms with Crippen molar-refractivity contribution in [2.75, 3.05) is 0 Å². The molecule has 0 aliphatic carbocycles. The third-order valence-corrected chi connectivity index (χ3v) is 2.79. The first kappa shape index (κ1) is 12.3. The average molecular weight is 284 g/mol. The smallest absolute Gasteiger partial charge is 0.201 e. The van der Waals surface area contributed by atoms with Crippen LogP contribution < -0.4 is 4.74 Å². The highest BCUT2D eigenvalue weighted by Gasteiger charge is 2.10. The van der Waals surface area contributed by atoms with Crippen molar-refractivity contribution in [1.29, 1.82) is 0 Å². The van der Waals surface area contributed by atoms with E-state index in [2.05, 4.69) is 4.98 Å². The van der Waals surface area contributed by atoms with Gasteiger partial charge in [-0.1, -0.05) is 41.4 Å². The molecular formula is C12H7Cl2NOS. The maximum atomic E-state index is 5.92. The number of nitrogens with zero attached hydrogens (tertiary/aromatic N) is 1. The number of benzene rings is 1. The van der Waals surface area contributed by atoms with Crippen LogP contribution >= 0.6 is 35.4 Å². The standard InChI is InChI=1S/C12H7Cl2NOS/c13-8-6-10(11(14)15-7-8)12(17)16-9-4-2-1-3-5-9/h1-7H. The number of hydrogen-bond acceptors (Lipinski definition) is 3. The average Bonchev–Trinajstić information content (AvgIpc) is 2.33. The van der Waals surface area contributed by atoms with Crippen molar-refractivity contribution in [1.82, 2.24) is 4.98 Å². The monoisotopic (exact) mass is 283 g/mol. The summed E-state index contributed by atoms with van der Waals surface area (Å²) in [4.78, 5) is 3.91. The van der Waals surface area contributed by atoms with E-state index in [9.17, 15) is 0 Å². The Bertz CT molecular complexity index is 545. The van der Waals surface area contributed by atoms with Gasteiger partial charge in [-0.3, -0.25) is 0 Å². The molecule has 2 aromatic rings. The zero-order chi connectivity index (χ0) is 12.3. The van der Waals surface area contributed by atoms with Gasteiger partial charge in [0.15, 0.2) is 0 Å². The Labute approximate surface area is 114 Å². The van der Waals surface area contributed by atoms with Crippen LogP contribution in [0.4, 0.5) is 0 Å². The van der Waals surface area contributed by atoms with Crippen molar-refractivity contribution in [3.63, 3.8) is 0 Å². The first-order chi connectivity index (χ1) is 8.16. The van der Waals surface area contributed by atoms with Crippen LogP contribution in [0.3, 0.4) is 0 Å². The van der Waals surface area contributed by atoms with Crippen LogP contribution in [0.1, 0.15) is 5.56 Å². The first-order valence-electron chi connectivity index (χ1n) is 4.75. The minimum Gasteiger partial charge on any atom is -0.445 e. The summed E-state index contributed by atoms with van der Waals surface area (Å²) in [6.07, 6.45) is 1.46. The van der Waals surface area contributed by atoms with Crippen molar-refractivity contribution < 1.29 is 4.74 Å². The molecule has 0 amide bonds. The molecule has 2 rings (SSSR count). The minimum absolute atomic E-state index is 0.246. The SMILES string of the molecule is S=C(Oc1ccccc1)c1cc(Cl)cnc1Cl. The Morgan fingerprint density at radius 3 is 2.59 bits per heavy atom. The number of halogens is 2. The van der Waals surface area contributed by atoms with Gasteiger partial charge in [-0.2, -0.15) is 0 Å². The number of ether oxygens (including phenoxy) is 1. The molecule has 1 aromatic carbocycles. The normalized spacial score (nSPS) is 10.0. The van der Waals surface area contributed by atoms with E-state index in [0.717, 1.165) is 0 Å². The molecule has 0 radical (unpaired) electrons. The van der Waals surface area contributed by atoms with E-state index in [-0.39, 0.29) is 10.2 Å². The number of aromatic nitrogens is 1. The summed E-state index contributed by atoms with van der Waals surface area (Å²) in [5, 5.41) is 0.981. The third-order valence-electron chi connectivity index (χ3n) is 1.98. The molecule has 0 spiro atoms. The van der Waals surface area contributed by atoms with E-state index in [1.165, 1.54) is 6.20 Å². The number of pyridine rings is 1. The summed E-state index contributed by atoms with van der Waals surface area (Å²) in [7, 11) is 0. The van der Waals surface area contributed by atoms with Crippen molar-refractivity contribution in [3.05, 3.63) is 58.3 Å². The van der Waals surface area contributed by atoms with Gasteiger partial charge < -0.3 is 4.74 Å². The van der Waals surface area contributed by atoms with E-state index in [1.54, 1.807) is 18.2 Å². The molecule has 0 atom stereocenters. The Hall–Kier alpha value is -1.16. The van der Waals surface area contributed by atoms with Crippen molar-refractivity contribution in [2.45, 2.75) is 0 Å². The maximum absolute atomic E-state index is 5.92. The topological polar surface area (TPSA) is 22.1 Å². The number of hydrogen-bond donors (Lipinski definition) is 0. The highest BCUT2D eigenvalue weighted by molar-refractivity contribution is 7.80. The Balaban J connectivity index is 2.23. The molecule has 0 saturated carbocycles. The van der Waals surface area contributed by atoms with Gasteiger partial charge in [0.1, 0.15) is 10.9 Å². The molecule has 0 unspecified atom stereocenters. The van der Waals surface area contributed by atoms with Crippen molar-refractivity contribution >= 4 is 40.5 Å². The summed E-state index contributed by atoms with van der Waals surface area (Å²) in [5.41, 5.74) is 0.512. The predicted molar refractivity (Wildman–Crippen MR) is 73.0 cm³/mol. The zero-order valence-corrected chi connectivity index (χ0v) is 10.9. The van der Waals surface area contributed by atoms with E-state index in [0.29, 0.717) is 16.3 Å². The van der Waals surface area contributed by atoms with Crippen LogP contribution in [0.2, 0.25) is 10.2 Å². The predicted octanol–water partition coefficient (Wildman–Crippen LogP) is 4.14. The summed E-state index contributed by atoms with van der Waals surface area (Å²) in [6.45, 7) is 0. The summed E-state index contributed by atoms with van der Waals surface area (Å²) < 4.78 is 5.48. The largest absolute Gasteiger partial charge is 0.445 e. The molecule has 0 N–H and O–H groups in total. The van der Waals surface area contributed by atoms with Gasteiger partial charge in [-0.05, 0) is 30.4 Å². The van der Waals surface area contributed by atoms with Crippen LogP contribution in [-0.2, 0) is 0 Å². The molecule has 17 heavy (non-hydrogen) atoms. The fourth-order valence-corrected chi connectivity index (χ4v) is 1.87. The van der Waals surface area contributed by atoms with Gasteiger partial charge in [0.2, 0.25) is 5.05 Å². The number of thiocarbonyl (C=S) groups is 1. The fraction of sp³-hybridized carbons (Fsp3) is 0. The molecule has 2 nitrogen and oxygen atoms in total. The van der Waals surface area contributed by atoms with Crippen molar-refractivity contribution in [2.24, 2.45) is 0 Å². The lowest BCUT2D eigenvalue weighted by Crippen LogP contribution is -2.08. The van der Waals surface area contributed by atoms with E-state index < -0.39 is 0 Å². The number of para-hydroxylation sites is 1. The van der Waals surface area contributed by atoms with Gasteiger partial charge in [-0.15, -0.1) is 0 Å². The number of rotatable bonds is 2. The van der Waals surface area contributed by atoms with Gasteiger partial charge in [0, 0.05) is 6.20 Å². The minimum atomic E-state index is 0.246. The summed E-state index contributed by atoms with van der Waals surface area (Å²) >= 11 is 16.9. The molecule has 0 fully saturated rings. The van der Waals surface area contributed by atoms with Crippen LogP contribution in [-0.4, -0.2) is 10.0 Å². The van der Waals surface area contributed by atoms with Crippen molar-refractivity contribution in [3.8, 4) is 5.75 Å². The van der Waals surface area contributed by atoms with Crippen LogP contribution in [0.15, 0.2) is 42.6 Å². The highest BCUT2D eigenvalue weighted by Crippen LogP contribution is 2.20. The second-order valence-electron chi connectivity index (χ2n) is 3.19. The van der Waals surface area contributed by atoms with Crippen LogP contribution in [0.5, 0.6) is 5.75 Å². The zero-order valence-electron chi connectivity index (χ0n) is 8.56. The summed E-state index contributed by atoms with van der Waals surface area (Å²) in [6, 6.07) is 10.8. The van der Waals surface area contributed by atoms with E-state index in [1.807, 2.05) is 18.2 Å². The molecule has 1 heterocycles. The quantitative estimate of drug-likeness (QED) is 0.611. The van der Waals surface area contributed by atoms with E-state index in [4.69, 9.17) is 40.2 Å². The Morgan fingerprint density at radius 1 is 1.18 bits per heavy atom. The maximum Gasteiger partial charge on any atom is 0.201 e. The third kappa shape index (κ3) is 3.16. The summed E-state index contributed by atoms with van der Waals surface area (Å²) in [5.74, 6) is 0.647. The molecular weight excluding hydrogens is 277 g/mol. The van der Waals surface area contributed by atoms with Crippen LogP contribution in [0, 0.1) is 0 Å². The fourth-order valence-electron chi connectivity index (χ4n) is 1.22. The molecule has 0 aliphatic rings. The first-order valence-corrected chi connectivity index (χ1v) is 5.91. The Kier molecular flexibility index (Phi) is 3.94. The molecule has 5 heteroatoms. The molecule has 86 valence electrons. The van der Waals surface area contributed by atoms with E-state index >= 15 is 0 Å². The molecule has 0 bridgehead atoms. The van der Waals surface area contributed by atoms with Gasteiger partial charge >= 0.3 is 0 Å². The lowest BCUT2D eigenvalue weighted by atomic mass is 10.3. The molecule has 1 aromatic heterocycles. The van der Waals surface area contributed by atoms with Crippen LogP contribution in [0.25, 0.3) is 0 Å². The lowest BCUT2D eigenvalue weighted by Gasteiger charge is -2.08. The molecule has 0 aliphatic heterocycles. The lowest BCUT2D eigenvalue weighted by molar-refractivity contribution is 0.566. The Morgan fingerprint density at radius 2 is 1.88 bits per heavy atom. The highest BCUT2D eigenvalue weighted by atomic mass is 35.5. The van der Waals surface area contributed by atoms with Gasteiger partial charge in [0.05, 0.1) is 10.6 Å².